The standard InChI is InChI=1S/C50H82N18O18/c1-24(2)19-31(66-47(83)33-9-5-17-67(33)39(74)23-60-42(78)26(51)20-36(54)71)45(81)64-28(10-13-34(52)69)43(79)61-25(3)41(77)58-21-38(73)63-29(11-14-35(53)70)48(84)68-18-6-8-32(68)46(82)59-22-37(72)62-27(12-15-40(75)76)44(80)65-30(49(85)86)7-4-16-57-50(55)56/h24-33H,4-23,51H2,1-3H3,(H2,52,69)(H2,53,70)(H2,54,71)(H,58,77)(H,59,82)(H,60,78)(H,61,79)(H,62,72)(H,63,73)(H,64,81)(H,65,80)(H,66,83)(H,75,76)(H,85,86)(H4,55,56,57)/t25-,26-,27-,28-,29-,30-,31-,32-,33-/m0/s1. The van der Waals surface area contributed by atoms with E-state index in [9.17, 15) is 86.9 Å². The summed E-state index contributed by atoms with van der Waals surface area (Å²) in [4.78, 5) is 207. The molecule has 0 bridgehead atoms. The van der Waals surface area contributed by atoms with Crippen molar-refractivity contribution in [3.63, 3.8) is 0 Å². The molecule has 36 heteroatoms. The molecule has 9 atom stereocenters. The Bertz CT molecular complexity index is 2530. The Kier molecular flexibility index (Phi) is 30.9. The van der Waals surface area contributed by atoms with Crippen LogP contribution < -0.4 is 81.8 Å². The highest BCUT2D eigenvalue weighted by molar-refractivity contribution is 5.99. The number of carboxylic acid groups (broad SMARTS) is 2. The van der Waals surface area contributed by atoms with Crippen molar-refractivity contribution in [2.75, 3.05) is 39.3 Å². The molecule has 2 heterocycles. The zero-order chi connectivity index (χ0) is 65.0. The molecule has 2 aliphatic rings. The molecule has 0 unspecified atom stereocenters. The highest BCUT2D eigenvalue weighted by Gasteiger charge is 2.40. The SMILES string of the molecule is CC(C)C[C@H](NC(=O)[C@@H]1CCCN1C(=O)CNC(=O)[C@@H](N)CC(N)=O)C(=O)N[C@@H](CCC(N)=O)C(=O)N[C@@H](C)C(=O)NCC(=O)N[C@@H](CCC(N)=O)C(=O)N1CCC[C@H]1C(=O)NCC(=O)N[C@@H](CCC(=O)O)C(=O)N[C@@H](CCCNC(=N)N)C(=O)O. The maximum Gasteiger partial charge on any atom is 0.326 e. The van der Waals surface area contributed by atoms with E-state index in [0.717, 1.165) is 4.90 Å². The lowest BCUT2D eigenvalue weighted by Crippen LogP contribution is -2.58. The van der Waals surface area contributed by atoms with E-state index in [0.29, 0.717) is 6.42 Å². The topological polar surface area (TPSA) is 594 Å². The Balaban J connectivity index is 2.11. The third-order valence-corrected chi connectivity index (χ3v) is 13.3. The van der Waals surface area contributed by atoms with E-state index in [1.165, 1.54) is 11.8 Å². The van der Waals surface area contributed by atoms with Crippen LogP contribution in [0.15, 0.2) is 0 Å². The largest absolute Gasteiger partial charge is 0.481 e. The summed E-state index contributed by atoms with van der Waals surface area (Å²) < 4.78 is 0. The summed E-state index contributed by atoms with van der Waals surface area (Å²) in [5.41, 5.74) is 26.6. The number of hydrogen-bond acceptors (Lipinski definition) is 18. The van der Waals surface area contributed by atoms with Crippen LogP contribution in [0, 0.1) is 11.3 Å². The molecule has 2 aliphatic heterocycles. The van der Waals surface area contributed by atoms with Gasteiger partial charge < -0.3 is 102 Å². The van der Waals surface area contributed by atoms with Crippen molar-refractivity contribution in [1.82, 2.24) is 63.0 Å². The predicted molar refractivity (Wildman–Crippen MR) is 298 cm³/mol. The minimum atomic E-state index is -1.57. The smallest absolute Gasteiger partial charge is 0.326 e. The minimum Gasteiger partial charge on any atom is -0.481 e. The number of aliphatic carboxylic acids is 2. The fourth-order valence-corrected chi connectivity index (χ4v) is 8.96. The first-order chi connectivity index (χ1) is 40.3. The third kappa shape index (κ3) is 26.5. The van der Waals surface area contributed by atoms with Gasteiger partial charge >= 0.3 is 11.9 Å². The molecule has 0 saturated carbocycles. The minimum absolute atomic E-state index is 0.0253. The Morgan fingerprint density at radius 2 is 1.02 bits per heavy atom. The summed E-state index contributed by atoms with van der Waals surface area (Å²) in [6, 6.07) is -12.4. The number of primary amides is 3. The number of nitrogens with one attached hydrogen (secondary N) is 11. The van der Waals surface area contributed by atoms with Crippen LogP contribution >= 0.6 is 0 Å². The molecule has 36 nitrogen and oxygen atoms in total. The van der Waals surface area contributed by atoms with Crippen molar-refractivity contribution in [3.8, 4) is 0 Å². The first-order valence-electron chi connectivity index (χ1n) is 27.7. The number of hydrogen-bond donors (Lipinski definition) is 18. The maximum absolute atomic E-state index is 14.0. The van der Waals surface area contributed by atoms with Crippen LogP contribution in [-0.4, -0.2) is 214 Å². The van der Waals surface area contributed by atoms with Crippen molar-refractivity contribution in [2.24, 2.45) is 34.6 Å². The molecule has 0 aromatic carbocycles. The first kappa shape index (κ1) is 72.9. The van der Waals surface area contributed by atoms with Gasteiger partial charge in [0.1, 0.15) is 48.3 Å². The van der Waals surface area contributed by atoms with Gasteiger partial charge in [-0.3, -0.25) is 77.3 Å². The lowest BCUT2D eigenvalue weighted by molar-refractivity contribution is -0.143. The number of carbonyl (C=O) groups is 16. The van der Waals surface area contributed by atoms with Crippen molar-refractivity contribution in [1.29, 1.82) is 5.41 Å². The average molecular weight is 1220 g/mol. The number of rotatable bonds is 38. The fraction of sp³-hybridized carbons (Fsp3) is 0.660. The van der Waals surface area contributed by atoms with Crippen molar-refractivity contribution < 1.29 is 86.9 Å². The average Bonchev–Trinajstić information content (AvgIpc) is 3.06. The van der Waals surface area contributed by atoms with E-state index < -0.39 is 201 Å². The second-order valence-corrected chi connectivity index (χ2v) is 20.9. The number of likely N-dealkylation sites (tertiary alicyclic amines) is 2. The maximum atomic E-state index is 14.0. The molecule has 480 valence electrons. The fourth-order valence-electron chi connectivity index (χ4n) is 8.96. The first-order valence-corrected chi connectivity index (χ1v) is 27.7. The highest BCUT2D eigenvalue weighted by Crippen LogP contribution is 2.21. The Hall–Kier alpha value is -9.25. The van der Waals surface area contributed by atoms with Crippen LogP contribution in [0.1, 0.15) is 111 Å². The van der Waals surface area contributed by atoms with Crippen LogP contribution in [0.3, 0.4) is 0 Å². The molecule has 14 amide bonds. The molecule has 2 rings (SSSR count). The highest BCUT2D eigenvalue weighted by atomic mass is 16.4. The van der Waals surface area contributed by atoms with E-state index in [2.05, 4.69) is 53.2 Å². The summed E-state index contributed by atoms with van der Waals surface area (Å²) in [6.45, 7) is 2.70. The molecular weight excluding hydrogens is 1140 g/mol. The summed E-state index contributed by atoms with van der Waals surface area (Å²) in [6.07, 6.45) is -2.24. The van der Waals surface area contributed by atoms with Gasteiger partial charge in [0.05, 0.1) is 32.1 Å². The van der Waals surface area contributed by atoms with Gasteiger partial charge in [-0.05, 0) is 77.0 Å². The molecule has 86 heavy (non-hydrogen) atoms. The summed E-state index contributed by atoms with van der Waals surface area (Å²) in [5, 5.41) is 49.8. The Labute approximate surface area is 493 Å². The molecule has 2 saturated heterocycles. The van der Waals surface area contributed by atoms with Crippen LogP contribution in [0.5, 0.6) is 0 Å². The van der Waals surface area contributed by atoms with Crippen molar-refractivity contribution >= 4 is 101 Å². The zero-order valence-electron chi connectivity index (χ0n) is 48.1. The quantitative estimate of drug-likeness (QED) is 0.0155. The van der Waals surface area contributed by atoms with E-state index in [1.54, 1.807) is 13.8 Å². The molecule has 23 N–H and O–H groups in total. The van der Waals surface area contributed by atoms with Gasteiger partial charge in [-0.1, -0.05) is 13.8 Å². The number of carbonyl (C=O) groups excluding carboxylic acids is 14. The van der Waals surface area contributed by atoms with Gasteiger partial charge in [0.25, 0.3) is 0 Å². The van der Waals surface area contributed by atoms with Crippen LogP contribution in [0.25, 0.3) is 0 Å². The van der Waals surface area contributed by atoms with Crippen LogP contribution in [0.2, 0.25) is 0 Å². The molecule has 0 aromatic rings. The van der Waals surface area contributed by atoms with Gasteiger partial charge in [-0.15, -0.1) is 0 Å². The second-order valence-electron chi connectivity index (χ2n) is 20.9. The lowest BCUT2D eigenvalue weighted by atomic mass is 10.0. The van der Waals surface area contributed by atoms with E-state index in [1.807, 2.05) is 0 Å². The molecule has 0 radical (unpaired) electrons. The second kappa shape index (κ2) is 36.5. The monoisotopic (exact) mass is 1220 g/mol. The normalized spacial score (nSPS) is 16.8. The number of guanidine groups is 1. The predicted octanol–water partition coefficient (Wildman–Crippen LogP) is -8.76. The summed E-state index contributed by atoms with van der Waals surface area (Å²) in [5.74, 6) is -15.7. The Morgan fingerprint density at radius 1 is 0.523 bits per heavy atom. The molecule has 0 spiro atoms. The van der Waals surface area contributed by atoms with Crippen molar-refractivity contribution in [3.05, 3.63) is 0 Å². The number of amides is 14. The van der Waals surface area contributed by atoms with Crippen LogP contribution in [-0.2, 0) is 76.7 Å². The van der Waals surface area contributed by atoms with Gasteiger partial charge in [-0.2, -0.15) is 0 Å². The van der Waals surface area contributed by atoms with Gasteiger partial charge in [-0.25, -0.2) is 4.79 Å². The Morgan fingerprint density at radius 3 is 1.58 bits per heavy atom. The zero-order valence-corrected chi connectivity index (χ0v) is 48.1. The van der Waals surface area contributed by atoms with E-state index in [-0.39, 0.29) is 82.9 Å². The van der Waals surface area contributed by atoms with Crippen molar-refractivity contribution in [2.45, 2.75) is 165 Å². The molecule has 0 aromatic heterocycles. The third-order valence-electron chi connectivity index (χ3n) is 13.3. The van der Waals surface area contributed by atoms with E-state index in [4.69, 9.17) is 34.1 Å². The van der Waals surface area contributed by atoms with Gasteiger partial charge in [0, 0.05) is 38.9 Å². The van der Waals surface area contributed by atoms with Crippen LogP contribution in [0.4, 0.5) is 0 Å². The summed E-state index contributed by atoms with van der Waals surface area (Å²) >= 11 is 0. The number of nitrogens with two attached hydrogens (primary N) is 5. The summed E-state index contributed by atoms with van der Waals surface area (Å²) in [7, 11) is 0. The number of nitrogens with zero attached hydrogens (tertiary/aromatic N) is 2. The molecular formula is C50H82N18O18. The van der Waals surface area contributed by atoms with Gasteiger partial charge in [0.2, 0.25) is 82.7 Å². The molecule has 0 aliphatic carbocycles. The van der Waals surface area contributed by atoms with Gasteiger partial charge in [0.15, 0.2) is 5.96 Å². The lowest BCUT2D eigenvalue weighted by Gasteiger charge is -2.29. The number of carboxylic acids is 2. The van der Waals surface area contributed by atoms with E-state index >= 15 is 0 Å². The molecule has 2 fully saturated rings.